The number of hydrogen-bond donors (Lipinski definition) is 2. The van der Waals surface area contributed by atoms with E-state index in [1.165, 1.54) is 6.07 Å². The fraction of sp³-hybridized carbons (Fsp3) is 0.381. The van der Waals surface area contributed by atoms with Crippen LogP contribution in [0.4, 0.5) is 32.0 Å². The Morgan fingerprint density at radius 1 is 1.24 bits per heavy atom. The minimum Gasteiger partial charge on any atom is -0.434 e. The van der Waals surface area contributed by atoms with Gasteiger partial charge in [0.25, 0.3) is 11.8 Å². The Kier molecular flexibility index (Phi) is 6.78. The van der Waals surface area contributed by atoms with Crippen LogP contribution in [-0.4, -0.2) is 41.3 Å². The van der Waals surface area contributed by atoms with Crippen molar-refractivity contribution in [3.05, 3.63) is 53.6 Å². The molecule has 0 aliphatic carbocycles. The molecule has 1 aromatic heterocycles. The van der Waals surface area contributed by atoms with Gasteiger partial charge in [-0.25, -0.2) is 4.39 Å². The quantitative estimate of drug-likeness (QED) is 0.595. The maximum absolute atomic E-state index is 13.9. The van der Waals surface area contributed by atoms with Crippen LogP contribution < -0.4 is 15.8 Å². The van der Waals surface area contributed by atoms with Gasteiger partial charge in [0.2, 0.25) is 0 Å². The van der Waals surface area contributed by atoms with E-state index in [0.29, 0.717) is 6.07 Å². The van der Waals surface area contributed by atoms with Gasteiger partial charge in [-0.1, -0.05) is 13.0 Å². The normalized spacial score (nSPS) is 24.8. The number of hydrogen-bond acceptors (Lipinski definition) is 5. The SMILES string of the molecule is C[C@H]1[C@@H](c2ccc(F)cc2OC(F)F)[C@H](C(=O)Nc2ccnc(C(N)=O)c2)O[C@@]1(C)C(F)(F)F. The van der Waals surface area contributed by atoms with E-state index in [1.54, 1.807) is 0 Å². The number of nitrogens with zero attached hydrogens (tertiary/aromatic N) is 1. The van der Waals surface area contributed by atoms with Crippen molar-refractivity contribution < 1.29 is 45.4 Å². The molecule has 1 aromatic carbocycles. The Bertz CT molecular complexity index is 1100. The number of rotatable bonds is 6. The van der Waals surface area contributed by atoms with Gasteiger partial charge in [-0.3, -0.25) is 14.6 Å². The van der Waals surface area contributed by atoms with Crippen LogP contribution in [0.5, 0.6) is 5.75 Å². The predicted molar refractivity (Wildman–Crippen MR) is 106 cm³/mol. The molecule has 0 unspecified atom stereocenters. The van der Waals surface area contributed by atoms with E-state index >= 15 is 0 Å². The van der Waals surface area contributed by atoms with E-state index in [2.05, 4.69) is 15.0 Å². The van der Waals surface area contributed by atoms with Crippen molar-refractivity contribution >= 4 is 17.5 Å². The number of pyridine rings is 1. The number of carbonyl (C=O) groups excluding carboxylic acids is 2. The molecule has 0 saturated carbocycles. The van der Waals surface area contributed by atoms with E-state index < -0.39 is 59.7 Å². The Morgan fingerprint density at radius 3 is 2.50 bits per heavy atom. The zero-order valence-corrected chi connectivity index (χ0v) is 17.7. The van der Waals surface area contributed by atoms with Crippen molar-refractivity contribution in [2.24, 2.45) is 11.7 Å². The largest absolute Gasteiger partial charge is 0.434 e. The van der Waals surface area contributed by atoms with Gasteiger partial charge in [0.05, 0.1) is 0 Å². The third-order valence-corrected chi connectivity index (χ3v) is 5.76. The van der Waals surface area contributed by atoms with Crippen LogP contribution in [0.25, 0.3) is 0 Å². The third-order valence-electron chi connectivity index (χ3n) is 5.76. The van der Waals surface area contributed by atoms with Crippen molar-refractivity contribution in [2.45, 2.75) is 44.3 Å². The monoisotopic (exact) mass is 491 g/mol. The molecule has 3 rings (SSSR count). The van der Waals surface area contributed by atoms with Crippen LogP contribution in [0.15, 0.2) is 36.5 Å². The number of nitrogens with one attached hydrogen (secondary N) is 1. The molecular formula is C21H19F6N3O4. The van der Waals surface area contributed by atoms with Gasteiger partial charge in [0.15, 0.2) is 5.60 Å². The molecular weight excluding hydrogens is 472 g/mol. The molecule has 0 radical (unpaired) electrons. The van der Waals surface area contributed by atoms with Gasteiger partial charge < -0.3 is 20.5 Å². The van der Waals surface area contributed by atoms with E-state index in [9.17, 15) is 35.9 Å². The highest BCUT2D eigenvalue weighted by Crippen LogP contribution is 2.54. The summed E-state index contributed by atoms with van der Waals surface area (Å²) >= 11 is 0. The number of aromatic nitrogens is 1. The van der Waals surface area contributed by atoms with E-state index in [-0.39, 0.29) is 16.9 Å². The van der Waals surface area contributed by atoms with Gasteiger partial charge >= 0.3 is 12.8 Å². The smallest absolute Gasteiger partial charge is 0.417 e. The summed E-state index contributed by atoms with van der Waals surface area (Å²) in [5.74, 6) is -6.62. The minimum atomic E-state index is -4.95. The van der Waals surface area contributed by atoms with Crippen LogP contribution in [0.1, 0.15) is 35.8 Å². The Morgan fingerprint density at radius 2 is 1.91 bits per heavy atom. The lowest BCUT2D eigenvalue weighted by Crippen LogP contribution is -2.47. The fourth-order valence-electron chi connectivity index (χ4n) is 3.86. The molecule has 1 aliphatic heterocycles. The van der Waals surface area contributed by atoms with Gasteiger partial charge in [0, 0.05) is 35.3 Å². The molecule has 3 N–H and O–H groups in total. The number of alkyl halides is 5. The lowest BCUT2D eigenvalue weighted by atomic mass is 9.77. The molecule has 1 aliphatic rings. The molecule has 2 aromatic rings. The standard InChI is InChI=1S/C21H19F6N3O4/c1-9-15(12-4-3-10(22)7-14(12)33-19(23)24)16(34-20(9,2)21(25,26)27)18(32)30-11-5-6-29-13(8-11)17(28)31/h3-9,15-16,19H,1-2H3,(H2,28,31)(H,29,30,32)/t9-,15-,16+,20+/m0/s1. The molecule has 0 spiro atoms. The number of benzene rings is 1. The number of carbonyl (C=O) groups is 2. The van der Waals surface area contributed by atoms with E-state index in [1.807, 2.05) is 0 Å². The van der Waals surface area contributed by atoms with Crippen LogP contribution in [-0.2, 0) is 9.53 Å². The average molecular weight is 491 g/mol. The van der Waals surface area contributed by atoms with Crippen molar-refractivity contribution in [1.82, 2.24) is 4.98 Å². The molecule has 1 saturated heterocycles. The molecule has 2 amide bonds. The summed E-state index contributed by atoms with van der Waals surface area (Å²) in [6.07, 6.45) is -5.66. The third kappa shape index (κ3) is 4.79. The van der Waals surface area contributed by atoms with Gasteiger partial charge in [-0.2, -0.15) is 22.0 Å². The first-order valence-electron chi connectivity index (χ1n) is 9.80. The highest BCUT2D eigenvalue weighted by molar-refractivity contribution is 5.97. The molecule has 4 atom stereocenters. The number of primary amides is 1. The number of anilines is 1. The van der Waals surface area contributed by atoms with Crippen molar-refractivity contribution in [3.8, 4) is 5.75 Å². The van der Waals surface area contributed by atoms with E-state index in [4.69, 9.17) is 10.5 Å². The molecule has 13 heteroatoms. The maximum Gasteiger partial charge on any atom is 0.417 e. The van der Waals surface area contributed by atoms with Gasteiger partial charge in [0.1, 0.15) is 23.4 Å². The highest BCUT2D eigenvalue weighted by atomic mass is 19.4. The van der Waals surface area contributed by atoms with Crippen LogP contribution in [0, 0.1) is 11.7 Å². The van der Waals surface area contributed by atoms with Crippen LogP contribution in [0.2, 0.25) is 0 Å². The van der Waals surface area contributed by atoms with Crippen LogP contribution >= 0.6 is 0 Å². The zero-order chi connectivity index (χ0) is 25.4. The number of amides is 2. The second kappa shape index (κ2) is 9.12. The zero-order valence-electron chi connectivity index (χ0n) is 17.7. The summed E-state index contributed by atoms with van der Waals surface area (Å²) in [5, 5.41) is 2.32. The lowest BCUT2D eigenvalue weighted by Gasteiger charge is -2.32. The molecule has 34 heavy (non-hydrogen) atoms. The summed E-state index contributed by atoms with van der Waals surface area (Å²) in [6.45, 7) is -1.53. The number of ether oxygens (including phenoxy) is 2. The van der Waals surface area contributed by atoms with Gasteiger partial charge in [-0.05, 0) is 25.1 Å². The summed E-state index contributed by atoms with van der Waals surface area (Å²) in [7, 11) is 0. The van der Waals surface area contributed by atoms with Crippen LogP contribution in [0.3, 0.4) is 0 Å². The highest BCUT2D eigenvalue weighted by Gasteiger charge is 2.65. The molecule has 2 heterocycles. The van der Waals surface area contributed by atoms with Crippen molar-refractivity contribution in [2.75, 3.05) is 5.32 Å². The van der Waals surface area contributed by atoms with E-state index in [0.717, 1.165) is 38.2 Å². The minimum absolute atomic E-state index is 0.0208. The molecule has 184 valence electrons. The molecule has 7 nitrogen and oxygen atoms in total. The Labute approximate surface area is 189 Å². The van der Waals surface area contributed by atoms with Gasteiger partial charge in [-0.15, -0.1) is 0 Å². The Hall–Kier alpha value is -3.35. The summed E-state index contributed by atoms with van der Waals surface area (Å²) in [5.41, 5.74) is 1.77. The summed E-state index contributed by atoms with van der Waals surface area (Å²) in [6, 6.07) is 4.76. The second-order valence-electron chi connectivity index (χ2n) is 7.80. The fourth-order valence-corrected chi connectivity index (χ4v) is 3.86. The average Bonchev–Trinajstić information content (AvgIpc) is 3.00. The van der Waals surface area contributed by atoms with Crippen molar-refractivity contribution in [1.29, 1.82) is 0 Å². The van der Waals surface area contributed by atoms with Crippen molar-refractivity contribution in [3.63, 3.8) is 0 Å². The summed E-state index contributed by atoms with van der Waals surface area (Å²) in [4.78, 5) is 28.0. The summed E-state index contributed by atoms with van der Waals surface area (Å²) < 4.78 is 90.9. The predicted octanol–water partition coefficient (Wildman–Crippen LogP) is 4.00. The first kappa shape index (κ1) is 25.3. The lowest BCUT2D eigenvalue weighted by molar-refractivity contribution is -0.272. The topological polar surface area (TPSA) is 104 Å². The first-order valence-corrected chi connectivity index (χ1v) is 9.80. The molecule has 0 bridgehead atoms. The molecule has 1 fully saturated rings. The Balaban J connectivity index is 2.06. The number of nitrogens with two attached hydrogens (primary N) is 1. The number of halogens is 6. The second-order valence-corrected chi connectivity index (χ2v) is 7.80. The maximum atomic E-state index is 13.9. The first-order chi connectivity index (χ1) is 15.7.